The molecule has 0 heterocycles. The van der Waals surface area contributed by atoms with E-state index in [1.54, 1.807) is 61.5 Å². The molecule has 0 aliphatic rings. The number of methoxy groups -OCH3 is 1. The molecule has 0 aliphatic heterocycles. The largest absolute Gasteiger partial charge is 0.497 e. The van der Waals surface area contributed by atoms with E-state index in [9.17, 15) is 21.6 Å². The molecule has 0 unspecified atom stereocenters. The predicted molar refractivity (Wildman–Crippen MR) is 130 cm³/mol. The van der Waals surface area contributed by atoms with E-state index in [4.69, 9.17) is 4.74 Å². The Bertz CT molecular complexity index is 1360. The minimum atomic E-state index is -4.05. The van der Waals surface area contributed by atoms with E-state index >= 15 is 0 Å². The Balaban J connectivity index is 1.86. The van der Waals surface area contributed by atoms with Gasteiger partial charge in [-0.25, -0.2) is 16.8 Å². The van der Waals surface area contributed by atoms with E-state index in [-0.39, 0.29) is 15.5 Å². The van der Waals surface area contributed by atoms with Crippen molar-refractivity contribution in [1.82, 2.24) is 5.32 Å². The lowest BCUT2D eigenvalue weighted by molar-refractivity contribution is -0.120. The molecule has 180 valence electrons. The number of hydrogen-bond donors (Lipinski definition) is 1. The number of benzene rings is 3. The average molecular weight is 503 g/mol. The molecule has 3 aromatic carbocycles. The van der Waals surface area contributed by atoms with Crippen LogP contribution in [0.2, 0.25) is 0 Å². The highest BCUT2D eigenvalue weighted by atomic mass is 32.2. The van der Waals surface area contributed by atoms with Gasteiger partial charge < -0.3 is 10.1 Å². The Morgan fingerprint density at radius 1 is 0.912 bits per heavy atom. The fourth-order valence-electron chi connectivity index (χ4n) is 3.30. The maximum absolute atomic E-state index is 13.4. The summed E-state index contributed by atoms with van der Waals surface area (Å²) in [6.07, 6.45) is 1.12. The van der Waals surface area contributed by atoms with E-state index < -0.39 is 38.4 Å². The molecule has 0 aromatic heterocycles. The van der Waals surface area contributed by atoms with Gasteiger partial charge in [-0.15, -0.1) is 0 Å². The maximum Gasteiger partial charge on any atom is 0.264 e. The molecule has 10 heteroatoms. The smallest absolute Gasteiger partial charge is 0.264 e. The lowest BCUT2D eigenvalue weighted by atomic mass is 10.1. The minimum absolute atomic E-state index is 0.0510. The van der Waals surface area contributed by atoms with Gasteiger partial charge in [-0.1, -0.05) is 36.4 Å². The van der Waals surface area contributed by atoms with Gasteiger partial charge >= 0.3 is 0 Å². The first-order chi connectivity index (χ1) is 16.0. The van der Waals surface area contributed by atoms with E-state index in [1.807, 2.05) is 0 Å². The molecule has 1 amide bonds. The molecule has 0 aliphatic carbocycles. The van der Waals surface area contributed by atoms with E-state index in [0.717, 1.165) is 10.6 Å². The summed E-state index contributed by atoms with van der Waals surface area (Å²) >= 11 is 0. The summed E-state index contributed by atoms with van der Waals surface area (Å²) < 4.78 is 56.4. The molecular formula is C24H26N2O6S2. The van der Waals surface area contributed by atoms with Gasteiger partial charge in [0.1, 0.15) is 12.3 Å². The van der Waals surface area contributed by atoms with E-state index in [1.165, 1.54) is 31.4 Å². The monoisotopic (exact) mass is 502 g/mol. The summed E-state index contributed by atoms with van der Waals surface area (Å²) in [4.78, 5) is 13.1. The zero-order chi connectivity index (χ0) is 24.9. The summed E-state index contributed by atoms with van der Waals surface area (Å²) in [5.74, 6) is -0.0764. The SMILES string of the molecule is COc1cccc(N(CC(=O)N[C@H](C)c2ccc(S(C)(=O)=O)cc2)S(=O)(=O)c2ccccc2)c1. The standard InChI is InChI=1S/C24H26N2O6S2/c1-18(19-12-14-22(15-13-19)33(3,28)29)25-24(27)17-26(20-8-7-9-21(16-20)32-2)34(30,31)23-10-5-4-6-11-23/h4-16,18H,17H2,1-3H3,(H,25,27)/t18-/m1/s1. The molecule has 0 saturated heterocycles. The van der Waals surface area contributed by atoms with Crippen LogP contribution in [0, 0.1) is 0 Å². The Hall–Kier alpha value is -3.37. The van der Waals surface area contributed by atoms with E-state index in [0.29, 0.717) is 11.3 Å². The van der Waals surface area contributed by atoms with Crippen molar-refractivity contribution in [3.63, 3.8) is 0 Å². The fraction of sp³-hybridized carbons (Fsp3) is 0.208. The topological polar surface area (TPSA) is 110 Å². The molecule has 3 aromatic rings. The molecule has 0 fully saturated rings. The highest BCUT2D eigenvalue weighted by molar-refractivity contribution is 7.93. The van der Waals surface area contributed by atoms with Crippen LogP contribution in [0.1, 0.15) is 18.5 Å². The van der Waals surface area contributed by atoms with Crippen molar-refractivity contribution in [3.05, 3.63) is 84.4 Å². The summed E-state index contributed by atoms with van der Waals surface area (Å²) in [7, 11) is -5.91. The normalized spacial score (nSPS) is 12.6. The first-order valence-electron chi connectivity index (χ1n) is 10.3. The van der Waals surface area contributed by atoms with Crippen molar-refractivity contribution in [2.75, 3.05) is 24.2 Å². The van der Waals surface area contributed by atoms with Crippen LogP contribution in [0.4, 0.5) is 5.69 Å². The number of rotatable bonds is 9. The number of sulfone groups is 1. The Morgan fingerprint density at radius 3 is 2.15 bits per heavy atom. The van der Waals surface area contributed by atoms with Crippen LogP contribution in [0.5, 0.6) is 5.75 Å². The van der Waals surface area contributed by atoms with Crippen LogP contribution in [-0.2, 0) is 24.7 Å². The van der Waals surface area contributed by atoms with Gasteiger partial charge in [-0.2, -0.15) is 0 Å². The van der Waals surface area contributed by atoms with Crippen LogP contribution >= 0.6 is 0 Å². The van der Waals surface area contributed by atoms with Gasteiger partial charge in [0, 0.05) is 12.3 Å². The van der Waals surface area contributed by atoms with Crippen LogP contribution in [0.3, 0.4) is 0 Å². The summed E-state index contributed by atoms with van der Waals surface area (Å²) in [6.45, 7) is 1.27. The number of sulfonamides is 1. The molecule has 3 rings (SSSR count). The summed E-state index contributed by atoms with van der Waals surface area (Å²) in [5.41, 5.74) is 0.961. The molecule has 0 spiro atoms. The van der Waals surface area contributed by atoms with Crippen LogP contribution in [0.25, 0.3) is 0 Å². The Morgan fingerprint density at radius 2 is 1.56 bits per heavy atom. The molecule has 0 saturated carbocycles. The van der Waals surface area contributed by atoms with Gasteiger partial charge in [-0.3, -0.25) is 9.10 Å². The quantitative estimate of drug-likeness (QED) is 0.481. The number of ether oxygens (including phenoxy) is 1. The maximum atomic E-state index is 13.4. The van der Waals surface area contributed by atoms with Crippen molar-refractivity contribution in [2.24, 2.45) is 0 Å². The van der Waals surface area contributed by atoms with Crippen molar-refractivity contribution < 1.29 is 26.4 Å². The molecule has 0 radical (unpaired) electrons. The molecular weight excluding hydrogens is 476 g/mol. The predicted octanol–water partition coefficient (Wildman–Crippen LogP) is 3.17. The highest BCUT2D eigenvalue weighted by Gasteiger charge is 2.28. The number of hydrogen-bond acceptors (Lipinski definition) is 6. The van der Waals surface area contributed by atoms with Crippen molar-refractivity contribution >= 4 is 31.5 Å². The zero-order valence-electron chi connectivity index (χ0n) is 19.0. The van der Waals surface area contributed by atoms with Gasteiger partial charge in [0.25, 0.3) is 10.0 Å². The lowest BCUT2D eigenvalue weighted by Gasteiger charge is -2.25. The number of carbonyl (C=O) groups excluding carboxylic acids is 1. The van der Waals surface area contributed by atoms with Crippen molar-refractivity contribution in [3.8, 4) is 5.75 Å². The Kier molecular flexibility index (Phi) is 7.63. The third-order valence-electron chi connectivity index (χ3n) is 5.15. The first kappa shape index (κ1) is 25.3. The second-order valence-electron chi connectivity index (χ2n) is 7.66. The number of amides is 1. The van der Waals surface area contributed by atoms with Crippen LogP contribution in [-0.4, -0.2) is 42.7 Å². The minimum Gasteiger partial charge on any atom is -0.497 e. The molecule has 0 bridgehead atoms. The van der Waals surface area contributed by atoms with Crippen LogP contribution < -0.4 is 14.4 Å². The second-order valence-corrected chi connectivity index (χ2v) is 11.5. The second kappa shape index (κ2) is 10.3. The summed E-state index contributed by atoms with van der Waals surface area (Å²) in [6, 6.07) is 20.0. The van der Waals surface area contributed by atoms with Gasteiger partial charge in [-0.05, 0) is 48.9 Å². The number of nitrogens with zero attached hydrogens (tertiary/aromatic N) is 1. The average Bonchev–Trinajstić information content (AvgIpc) is 2.82. The van der Waals surface area contributed by atoms with Crippen molar-refractivity contribution in [1.29, 1.82) is 0 Å². The number of nitrogens with one attached hydrogen (secondary N) is 1. The molecule has 1 atom stereocenters. The molecule has 8 nitrogen and oxygen atoms in total. The molecule has 1 N–H and O–H groups in total. The van der Waals surface area contributed by atoms with E-state index in [2.05, 4.69) is 5.32 Å². The number of anilines is 1. The molecule has 34 heavy (non-hydrogen) atoms. The van der Waals surface area contributed by atoms with Gasteiger partial charge in [0.15, 0.2) is 9.84 Å². The third-order valence-corrected chi connectivity index (χ3v) is 8.06. The third kappa shape index (κ3) is 5.95. The fourth-order valence-corrected chi connectivity index (χ4v) is 5.37. The van der Waals surface area contributed by atoms with Crippen LogP contribution in [0.15, 0.2) is 88.7 Å². The van der Waals surface area contributed by atoms with Gasteiger partial charge in [0.2, 0.25) is 5.91 Å². The first-order valence-corrected chi connectivity index (χ1v) is 13.7. The van der Waals surface area contributed by atoms with Gasteiger partial charge in [0.05, 0.1) is 28.6 Å². The number of carbonyl (C=O) groups is 1. The van der Waals surface area contributed by atoms with Crippen molar-refractivity contribution in [2.45, 2.75) is 22.8 Å². The Labute approximate surface area is 200 Å². The summed E-state index contributed by atoms with van der Waals surface area (Å²) in [5, 5.41) is 2.78. The lowest BCUT2D eigenvalue weighted by Crippen LogP contribution is -2.41. The highest BCUT2D eigenvalue weighted by Crippen LogP contribution is 2.27. The zero-order valence-corrected chi connectivity index (χ0v) is 20.6.